The molecule has 0 bridgehead atoms. The number of ether oxygens (including phenoxy) is 1. The molecule has 82 valence electrons. The molecule has 0 saturated carbocycles. The summed E-state index contributed by atoms with van der Waals surface area (Å²) in [6.45, 7) is 1.95. The highest BCUT2D eigenvalue weighted by Crippen LogP contribution is 2.25. The predicted molar refractivity (Wildman–Crippen MR) is 65.5 cm³/mol. The van der Waals surface area contributed by atoms with E-state index in [1.807, 2.05) is 19.1 Å². The van der Waals surface area contributed by atoms with Crippen molar-refractivity contribution in [3.8, 4) is 11.6 Å². The number of aromatic nitrogens is 1. The summed E-state index contributed by atoms with van der Waals surface area (Å²) >= 11 is 11.6. The normalized spacial score (nSPS) is 10.2. The summed E-state index contributed by atoms with van der Waals surface area (Å²) in [6, 6.07) is 8.93. The maximum absolute atomic E-state index is 5.92. The van der Waals surface area contributed by atoms with E-state index in [4.69, 9.17) is 27.9 Å². The second-order valence-electron chi connectivity index (χ2n) is 3.38. The molecule has 0 fully saturated rings. The fraction of sp³-hybridized carbons (Fsp3) is 0.0833. The van der Waals surface area contributed by atoms with Crippen molar-refractivity contribution in [1.29, 1.82) is 0 Å². The maximum atomic E-state index is 5.92. The lowest BCUT2D eigenvalue weighted by Crippen LogP contribution is -1.87. The predicted octanol–water partition coefficient (Wildman–Crippen LogP) is 4.49. The van der Waals surface area contributed by atoms with Crippen LogP contribution >= 0.6 is 23.2 Å². The zero-order valence-corrected chi connectivity index (χ0v) is 10.1. The molecule has 0 saturated heterocycles. The lowest BCUT2D eigenvalue weighted by molar-refractivity contribution is 0.462. The zero-order chi connectivity index (χ0) is 11.5. The summed E-state index contributed by atoms with van der Waals surface area (Å²) < 4.78 is 5.54. The van der Waals surface area contributed by atoms with Crippen LogP contribution in [0, 0.1) is 6.92 Å². The zero-order valence-electron chi connectivity index (χ0n) is 8.58. The van der Waals surface area contributed by atoms with Crippen molar-refractivity contribution in [3.05, 3.63) is 52.1 Å². The summed E-state index contributed by atoms with van der Waals surface area (Å²) in [4.78, 5) is 4.04. The molecule has 0 atom stereocenters. The van der Waals surface area contributed by atoms with Crippen molar-refractivity contribution < 1.29 is 4.74 Å². The number of aryl methyl sites for hydroxylation is 1. The highest BCUT2D eigenvalue weighted by Gasteiger charge is 2.01. The second-order valence-corrected chi connectivity index (χ2v) is 4.25. The molecular formula is C12H9Cl2NO. The fourth-order valence-corrected chi connectivity index (χ4v) is 1.70. The van der Waals surface area contributed by atoms with Crippen molar-refractivity contribution in [3.63, 3.8) is 0 Å². The molecular weight excluding hydrogens is 245 g/mol. The van der Waals surface area contributed by atoms with Gasteiger partial charge in [-0.15, -0.1) is 0 Å². The van der Waals surface area contributed by atoms with Crippen molar-refractivity contribution >= 4 is 23.2 Å². The van der Waals surface area contributed by atoms with Gasteiger partial charge in [0.15, 0.2) is 0 Å². The van der Waals surface area contributed by atoms with Crippen LogP contribution in [0.2, 0.25) is 10.0 Å². The van der Waals surface area contributed by atoms with Crippen LogP contribution in [-0.4, -0.2) is 4.98 Å². The smallest absolute Gasteiger partial charge is 0.219 e. The summed E-state index contributed by atoms with van der Waals surface area (Å²) in [5.41, 5.74) is 1.04. The SMILES string of the molecule is Cc1cc(Cl)cc(Oc2ccc(Cl)cn2)c1. The van der Waals surface area contributed by atoms with E-state index in [9.17, 15) is 0 Å². The summed E-state index contributed by atoms with van der Waals surface area (Å²) in [5.74, 6) is 1.16. The molecule has 2 aromatic rings. The van der Waals surface area contributed by atoms with Crippen molar-refractivity contribution in [2.75, 3.05) is 0 Å². The first-order chi connectivity index (χ1) is 7.63. The highest BCUT2D eigenvalue weighted by atomic mass is 35.5. The first kappa shape index (κ1) is 11.2. The molecule has 0 amide bonds. The molecule has 0 N–H and O–H groups in total. The second kappa shape index (κ2) is 4.73. The largest absolute Gasteiger partial charge is 0.439 e. The van der Waals surface area contributed by atoms with Gasteiger partial charge in [0.05, 0.1) is 5.02 Å². The van der Waals surface area contributed by atoms with Crippen molar-refractivity contribution in [2.45, 2.75) is 6.92 Å². The topological polar surface area (TPSA) is 22.1 Å². The first-order valence-electron chi connectivity index (χ1n) is 4.70. The lowest BCUT2D eigenvalue weighted by atomic mass is 10.2. The van der Waals surface area contributed by atoms with Gasteiger partial charge in [-0.1, -0.05) is 23.2 Å². The Balaban J connectivity index is 2.23. The van der Waals surface area contributed by atoms with Gasteiger partial charge in [0.25, 0.3) is 0 Å². The molecule has 2 nitrogen and oxygen atoms in total. The Morgan fingerprint density at radius 2 is 1.88 bits per heavy atom. The number of hydrogen-bond acceptors (Lipinski definition) is 2. The Bertz CT molecular complexity index is 477. The molecule has 1 aromatic heterocycles. The molecule has 1 aromatic carbocycles. The van der Waals surface area contributed by atoms with Crippen LogP contribution < -0.4 is 4.74 Å². The highest BCUT2D eigenvalue weighted by molar-refractivity contribution is 6.30. The van der Waals surface area contributed by atoms with E-state index >= 15 is 0 Å². The van der Waals surface area contributed by atoms with Crippen LogP contribution in [0.4, 0.5) is 0 Å². The molecule has 0 spiro atoms. The summed E-state index contributed by atoms with van der Waals surface area (Å²) in [7, 11) is 0. The summed E-state index contributed by atoms with van der Waals surface area (Å²) in [5, 5.41) is 1.22. The minimum absolute atomic E-state index is 0.492. The quantitative estimate of drug-likeness (QED) is 0.787. The molecule has 0 aliphatic heterocycles. The van der Waals surface area contributed by atoms with Gasteiger partial charge in [0.1, 0.15) is 5.75 Å². The Labute approximate surface area is 104 Å². The van der Waals surface area contributed by atoms with Gasteiger partial charge < -0.3 is 4.74 Å². The van der Waals surface area contributed by atoms with E-state index in [-0.39, 0.29) is 0 Å². The van der Waals surface area contributed by atoms with E-state index < -0.39 is 0 Å². The van der Waals surface area contributed by atoms with Gasteiger partial charge in [-0.25, -0.2) is 4.98 Å². The minimum Gasteiger partial charge on any atom is -0.439 e. The molecule has 0 unspecified atom stereocenters. The Kier molecular flexibility index (Phi) is 3.32. The molecule has 16 heavy (non-hydrogen) atoms. The van der Waals surface area contributed by atoms with Crippen LogP contribution in [-0.2, 0) is 0 Å². The van der Waals surface area contributed by atoms with E-state index in [1.54, 1.807) is 18.2 Å². The first-order valence-corrected chi connectivity index (χ1v) is 5.46. The molecule has 4 heteroatoms. The van der Waals surface area contributed by atoms with Crippen LogP contribution in [0.25, 0.3) is 0 Å². The van der Waals surface area contributed by atoms with Crippen molar-refractivity contribution in [1.82, 2.24) is 4.98 Å². The van der Waals surface area contributed by atoms with Gasteiger partial charge in [0.2, 0.25) is 5.88 Å². The Morgan fingerprint density at radius 1 is 1.06 bits per heavy atom. The lowest BCUT2D eigenvalue weighted by Gasteiger charge is -2.05. The number of nitrogens with zero attached hydrogens (tertiary/aromatic N) is 1. The van der Waals surface area contributed by atoms with Gasteiger partial charge in [0, 0.05) is 17.3 Å². The number of rotatable bonds is 2. The van der Waals surface area contributed by atoms with E-state index in [0.29, 0.717) is 21.7 Å². The Hall–Kier alpha value is -1.25. The van der Waals surface area contributed by atoms with E-state index in [1.165, 1.54) is 6.20 Å². The third-order valence-electron chi connectivity index (χ3n) is 1.94. The van der Waals surface area contributed by atoms with Crippen LogP contribution in [0.5, 0.6) is 11.6 Å². The van der Waals surface area contributed by atoms with Crippen LogP contribution in [0.3, 0.4) is 0 Å². The number of pyridine rings is 1. The van der Waals surface area contributed by atoms with E-state index in [2.05, 4.69) is 4.98 Å². The molecule has 2 rings (SSSR count). The average molecular weight is 254 g/mol. The third kappa shape index (κ3) is 2.87. The van der Waals surface area contributed by atoms with Gasteiger partial charge in [-0.2, -0.15) is 0 Å². The summed E-state index contributed by atoms with van der Waals surface area (Å²) in [6.07, 6.45) is 1.54. The minimum atomic E-state index is 0.492. The van der Waals surface area contributed by atoms with Crippen molar-refractivity contribution in [2.24, 2.45) is 0 Å². The monoisotopic (exact) mass is 253 g/mol. The number of benzene rings is 1. The molecule has 0 aliphatic carbocycles. The molecule has 1 heterocycles. The maximum Gasteiger partial charge on any atom is 0.219 e. The standard InChI is InChI=1S/C12H9Cl2NO/c1-8-4-10(14)6-11(5-8)16-12-3-2-9(13)7-15-12/h2-7H,1H3. The fourth-order valence-electron chi connectivity index (χ4n) is 1.31. The number of halogens is 2. The molecule has 0 radical (unpaired) electrons. The van der Waals surface area contributed by atoms with Gasteiger partial charge in [-0.05, 0) is 36.8 Å². The Morgan fingerprint density at radius 3 is 2.50 bits per heavy atom. The van der Waals surface area contributed by atoms with Crippen LogP contribution in [0.1, 0.15) is 5.56 Å². The number of hydrogen-bond donors (Lipinski definition) is 0. The molecule has 0 aliphatic rings. The van der Waals surface area contributed by atoms with E-state index in [0.717, 1.165) is 5.56 Å². The third-order valence-corrected chi connectivity index (χ3v) is 2.38. The van der Waals surface area contributed by atoms with Gasteiger partial charge >= 0.3 is 0 Å². The average Bonchev–Trinajstić information content (AvgIpc) is 2.20. The van der Waals surface area contributed by atoms with Gasteiger partial charge in [-0.3, -0.25) is 0 Å². The van der Waals surface area contributed by atoms with Crippen LogP contribution in [0.15, 0.2) is 36.5 Å².